The Morgan fingerprint density at radius 2 is 1.96 bits per heavy atom. The van der Waals surface area contributed by atoms with E-state index in [-0.39, 0.29) is 34.4 Å². The number of aromatic nitrogens is 2. The van der Waals surface area contributed by atoms with Gasteiger partial charge in [-0.1, -0.05) is 0 Å². The zero-order valence-electron chi connectivity index (χ0n) is 13.5. The number of anilines is 1. The minimum absolute atomic E-state index is 0.0521. The highest BCUT2D eigenvalue weighted by molar-refractivity contribution is 6.13. The molecule has 0 fully saturated rings. The first-order chi connectivity index (χ1) is 12.5. The number of furan rings is 1. The Kier molecular flexibility index (Phi) is 3.54. The SMILES string of the molecule is CN1C(=O)c2c(nc(N)nc2-c2ccco2)/C1=C/c1ccc(F)cc1F. The van der Waals surface area contributed by atoms with Crippen LogP contribution in [-0.2, 0) is 0 Å². The van der Waals surface area contributed by atoms with E-state index in [4.69, 9.17) is 10.2 Å². The van der Waals surface area contributed by atoms with Crippen molar-refractivity contribution in [3.05, 3.63) is 65.1 Å². The second-order valence-corrected chi connectivity index (χ2v) is 5.69. The van der Waals surface area contributed by atoms with E-state index < -0.39 is 11.6 Å². The maximum Gasteiger partial charge on any atom is 0.262 e. The van der Waals surface area contributed by atoms with Gasteiger partial charge in [0.1, 0.15) is 23.0 Å². The molecule has 1 aliphatic heterocycles. The lowest BCUT2D eigenvalue weighted by Gasteiger charge is -2.10. The van der Waals surface area contributed by atoms with Crippen LogP contribution in [0.4, 0.5) is 14.7 Å². The molecule has 26 heavy (non-hydrogen) atoms. The predicted octanol–water partition coefficient (Wildman–Crippen LogP) is 3.18. The molecule has 1 amide bonds. The van der Waals surface area contributed by atoms with E-state index >= 15 is 0 Å². The maximum atomic E-state index is 14.0. The largest absolute Gasteiger partial charge is 0.463 e. The van der Waals surface area contributed by atoms with Crippen LogP contribution in [0.3, 0.4) is 0 Å². The van der Waals surface area contributed by atoms with Gasteiger partial charge in [-0.15, -0.1) is 0 Å². The van der Waals surface area contributed by atoms with Crippen molar-refractivity contribution < 1.29 is 18.0 Å². The number of nitrogen functional groups attached to an aromatic ring is 1. The zero-order valence-corrected chi connectivity index (χ0v) is 13.5. The minimum Gasteiger partial charge on any atom is -0.463 e. The van der Waals surface area contributed by atoms with Gasteiger partial charge in [0.05, 0.1) is 17.5 Å². The summed E-state index contributed by atoms with van der Waals surface area (Å²) in [5.41, 5.74) is 6.98. The molecule has 0 atom stereocenters. The van der Waals surface area contributed by atoms with Gasteiger partial charge < -0.3 is 15.1 Å². The van der Waals surface area contributed by atoms with Gasteiger partial charge >= 0.3 is 0 Å². The van der Waals surface area contributed by atoms with E-state index in [1.165, 1.54) is 30.4 Å². The van der Waals surface area contributed by atoms with Crippen LogP contribution in [0.15, 0.2) is 41.0 Å². The molecule has 0 bridgehead atoms. The van der Waals surface area contributed by atoms with Crippen molar-refractivity contribution >= 4 is 23.6 Å². The van der Waals surface area contributed by atoms with E-state index in [1.807, 2.05) is 0 Å². The van der Waals surface area contributed by atoms with E-state index in [0.717, 1.165) is 12.1 Å². The van der Waals surface area contributed by atoms with Gasteiger partial charge in [-0.2, -0.15) is 0 Å². The van der Waals surface area contributed by atoms with E-state index in [0.29, 0.717) is 11.5 Å². The Labute approximate surface area is 146 Å². The molecule has 0 saturated carbocycles. The molecule has 130 valence electrons. The van der Waals surface area contributed by atoms with Crippen LogP contribution in [0, 0.1) is 11.6 Å². The first kappa shape index (κ1) is 15.9. The third-order valence-electron chi connectivity index (χ3n) is 4.06. The molecule has 3 heterocycles. The summed E-state index contributed by atoms with van der Waals surface area (Å²) in [5.74, 6) is -1.50. The number of nitrogens with two attached hydrogens (primary N) is 1. The second kappa shape index (κ2) is 5.76. The Balaban J connectivity index is 1.94. The highest BCUT2D eigenvalue weighted by Crippen LogP contribution is 2.37. The third kappa shape index (κ3) is 2.43. The van der Waals surface area contributed by atoms with Crippen LogP contribution in [-0.4, -0.2) is 27.8 Å². The molecule has 2 N–H and O–H groups in total. The Bertz CT molecular complexity index is 1060. The molecule has 0 saturated heterocycles. The number of nitrogens with zero attached hydrogens (tertiary/aromatic N) is 3. The number of hydrogen-bond donors (Lipinski definition) is 1. The summed E-state index contributed by atoms with van der Waals surface area (Å²) in [4.78, 5) is 22.3. The van der Waals surface area contributed by atoms with Gasteiger partial charge in [0.25, 0.3) is 5.91 Å². The van der Waals surface area contributed by atoms with Crippen molar-refractivity contribution in [1.29, 1.82) is 0 Å². The smallest absolute Gasteiger partial charge is 0.262 e. The summed E-state index contributed by atoms with van der Waals surface area (Å²) in [6.07, 6.45) is 2.87. The summed E-state index contributed by atoms with van der Waals surface area (Å²) in [6.45, 7) is 0. The van der Waals surface area contributed by atoms with Crippen molar-refractivity contribution in [2.75, 3.05) is 12.8 Å². The molecular weight excluding hydrogens is 342 g/mol. The summed E-state index contributed by atoms with van der Waals surface area (Å²) < 4.78 is 32.5. The van der Waals surface area contributed by atoms with E-state index in [9.17, 15) is 13.6 Å². The van der Waals surface area contributed by atoms with Gasteiger partial charge in [-0.25, -0.2) is 18.7 Å². The molecule has 0 unspecified atom stereocenters. The number of halogens is 2. The Hall–Kier alpha value is -3.55. The first-order valence-electron chi connectivity index (χ1n) is 7.62. The fraction of sp³-hybridized carbons (Fsp3) is 0.0556. The minimum atomic E-state index is -0.750. The zero-order chi connectivity index (χ0) is 18.4. The lowest BCUT2D eigenvalue weighted by atomic mass is 10.1. The maximum absolute atomic E-state index is 14.0. The lowest BCUT2D eigenvalue weighted by molar-refractivity contribution is 0.0875. The number of rotatable bonds is 2. The molecule has 2 aromatic heterocycles. The molecule has 4 rings (SSSR count). The Morgan fingerprint density at radius 1 is 1.19 bits per heavy atom. The molecule has 6 nitrogen and oxygen atoms in total. The highest BCUT2D eigenvalue weighted by atomic mass is 19.1. The highest BCUT2D eigenvalue weighted by Gasteiger charge is 2.36. The summed E-state index contributed by atoms with van der Waals surface area (Å²) in [6, 6.07) is 6.50. The van der Waals surface area contributed by atoms with Crippen molar-refractivity contribution in [3.8, 4) is 11.5 Å². The van der Waals surface area contributed by atoms with Gasteiger partial charge in [0.15, 0.2) is 5.76 Å². The van der Waals surface area contributed by atoms with Crippen molar-refractivity contribution in [2.24, 2.45) is 0 Å². The van der Waals surface area contributed by atoms with Crippen LogP contribution in [0.5, 0.6) is 0 Å². The topological polar surface area (TPSA) is 85.2 Å². The van der Waals surface area contributed by atoms with Crippen LogP contribution < -0.4 is 5.73 Å². The number of hydrogen-bond acceptors (Lipinski definition) is 5. The molecule has 1 aromatic carbocycles. The first-order valence-corrected chi connectivity index (χ1v) is 7.62. The number of benzene rings is 1. The molecule has 0 radical (unpaired) electrons. The van der Waals surface area contributed by atoms with Gasteiger partial charge in [-0.3, -0.25) is 4.79 Å². The average molecular weight is 354 g/mol. The normalized spacial score (nSPS) is 15.0. The second-order valence-electron chi connectivity index (χ2n) is 5.69. The van der Waals surface area contributed by atoms with Gasteiger partial charge in [-0.05, 0) is 30.3 Å². The van der Waals surface area contributed by atoms with Crippen LogP contribution in [0.1, 0.15) is 21.6 Å². The molecule has 8 heteroatoms. The van der Waals surface area contributed by atoms with Crippen LogP contribution in [0.25, 0.3) is 23.2 Å². The van der Waals surface area contributed by atoms with Gasteiger partial charge in [0.2, 0.25) is 5.95 Å². The predicted molar refractivity (Wildman–Crippen MR) is 90.5 cm³/mol. The van der Waals surface area contributed by atoms with Gasteiger partial charge in [0, 0.05) is 18.7 Å². The van der Waals surface area contributed by atoms with E-state index in [1.54, 1.807) is 12.1 Å². The molecular formula is C18H12F2N4O2. The standard InChI is InChI=1S/C18H12F2N4O2/c1-24-12(7-9-4-5-10(19)8-11(9)20)15-14(17(24)25)16(23-18(21)22-15)13-3-2-6-26-13/h2-8H,1H3,(H2,21,22,23)/b12-7-. The fourth-order valence-corrected chi connectivity index (χ4v) is 2.82. The number of carbonyl (C=O) groups is 1. The summed E-state index contributed by atoms with van der Waals surface area (Å²) in [5, 5.41) is 0. The quantitative estimate of drug-likeness (QED) is 0.764. The van der Waals surface area contributed by atoms with E-state index in [2.05, 4.69) is 9.97 Å². The third-order valence-corrected chi connectivity index (χ3v) is 4.06. The molecule has 1 aliphatic rings. The lowest BCUT2D eigenvalue weighted by Crippen LogP contribution is -2.17. The van der Waals surface area contributed by atoms with Crippen LogP contribution in [0.2, 0.25) is 0 Å². The molecule has 3 aromatic rings. The number of fused-ring (bicyclic) bond motifs is 1. The van der Waals surface area contributed by atoms with Crippen molar-refractivity contribution in [1.82, 2.24) is 14.9 Å². The summed E-state index contributed by atoms with van der Waals surface area (Å²) in [7, 11) is 1.53. The van der Waals surface area contributed by atoms with Crippen molar-refractivity contribution in [3.63, 3.8) is 0 Å². The number of amides is 1. The molecule has 0 aliphatic carbocycles. The fourth-order valence-electron chi connectivity index (χ4n) is 2.82. The van der Waals surface area contributed by atoms with Crippen LogP contribution >= 0.6 is 0 Å². The monoisotopic (exact) mass is 354 g/mol. The number of carbonyl (C=O) groups excluding carboxylic acids is 1. The summed E-state index contributed by atoms with van der Waals surface area (Å²) >= 11 is 0. The Morgan fingerprint density at radius 3 is 2.65 bits per heavy atom. The molecule has 0 spiro atoms. The van der Waals surface area contributed by atoms with Crippen molar-refractivity contribution in [2.45, 2.75) is 0 Å². The average Bonchev–Trinajstić information content (AvgIpc) is 3.20.